The fourth-order valence-corrected chi connectivity index (χ4v) is 0.543. The van der Waals surface area contributed by atoms with Crippen LogP contribution in [0.2, 0.25) is 0 Å². The summed E-state index contributed by atoms with van der Waals surface area (Å²) in [5, 5.41) is 3.12. The summed E-state index contributed by atoms with van der Waals surface area (Å²) >= 11 is 0. The summed E-state index contributed by atoms with van der Waals surface area (Å²) in [4.78, 5) is 0. The lowest BCUT2D eigenvalue weighted by Gasteiger charge is -2.12. The molecule has 2 heteroatoms. The molecule has 0 spiro atoms. The van der Waals surface area contributed by atoms with Crippen LogP contribution in [0.3, 0.4) is 0 Å². The van der Waals surface area contributed by atoms with Crippen LogP contribution in [0.5, 0.6) is 0 Å². The van der Waals surface area contributed by atoms with Gasteiger partial charge in [0.05, 0.1) is 6.04 Å². The maximum atomic E-state index is 5.34. The van der Waals surface area contributed by atoms with Crippen molar-refractivity contribution in [2.75, 3.05) is 6.54 Å². The lowest BCUT2D eigenvalue weighted by molar-refractivity contribution is 0.532. The first-order valence-corrected chi connectivity index (χ1v) is 3.13. The Morgan fingerprint density at radius 2 is 2.22 bits per heavy atom. The van der Waals surface area contributed by atoms with E-state index in [1.807, 2.05) is 13.8 Å². The average Bonchev–Trinajstić information content (AvgIpc) is 1.87. The quantitative estimate of drug-likeness (QED) is 0.520. The van der Waals surface area contributed by atoms with E-state index < -0.39 is 0 Å². The van der Waals surface area contributed by atoms with E-state index in [1.54, 1.807) is 0 Å². The van der Waals surface area contributed by atoms with E-state index in [4.69, 9.17) is 12.2 Å². The summed E-state index contributed by atoms with van der Waals surface area (Å²) in [5.74, 6) is 2.56. The lowest BCUT2D eigenvalue weighted by atomic mass is 10.3. The standard InChI is InChI=1S/C7H14N2/c1-4-6(2)9-7(3)5-8/h1,6-7,9H,5,8H2,2-3H3. The zero-order chi connectivity index (χ0) is 7.28. The van der Waals surface area contributed by atoms with Gasteiger partial charge in [0, 0.05) is 12.6 Å². The molecule has 9 heavy (non-hydrogen) atoms. The molecule has 0 saturated heterocycles. The van der Waals surface area contributed by atoms with Gasteiger partial charge in [0.1, 0.15) is 0 Å². The van der Waals surface area contributed by atoms with Crippen molar-refractivity contribution in [2.45, 2.75) is 25.9 Å². The van der Waals surface area contributed by atoms with Crippen molar-refractivity contribution in [1.29, 1.82) is 0 Å². The summed E-state index contributed by atoms with van der Waals surface area (Å²) in [6, 6.07) is 0.444. The second kappa shape index (κ2) is 4.37. The van der Waals surface area contributed by atoms with Crippen LogP contribution in [0.15, 0.2) is 0 Å². The lowest BCUT2D eigenvalue weighted by Crippen LogP contribution is -2.38. The minimum atomic E-state index is 0.128. The third kappa shape index (κ3) is 4.01. The molecule has 0 saturated carbocycles. The monoisotopic (exact) mass is 126 g/mol. The van der Waals surface area contributed by atoms with Gasteiger partial charge in [-0.2, -0.15) is 0 Å². The number of hydrogen-bond donors (Lipinski definition) is 2. The Balaban J connectivity index is 3.37. The minimum Gasteiger partial charge on any atom is -0.329 e. The molecule has 0 aromatic carbocycles. The van der Waals surface area contributed by atoms with Crippen LogP contribution in [0.25, 0.3) is 0 Å². The first kappa shape index (κ1) is 8.48. The number of nitrogens with two attached hydrogens (primary N) is 1. The van der Waals surface area contributed by atoms with Gasteiger partial charge in [-0.1, -0.05) is 5.92 Å². The summed E-state index contributed by atoms with van der Waals surface area (Å²) in [7, 11) is 0. The smallest absolute Gasteiger partial charge is 0.0660 e. The van der Waals surface area contributed by atoms with E-state index in [2.05, 4.69) is 11.2 Å². The Kier molecular flexibility index (Phi) is 4.12. The number of terminal acetylenes is 1. The van der Waals surface area contributed by atoms with Gasteiger partial charge in [0.2, 0.25) is 0 Å². The molecule has 3 N–H and O–H groups in total. The Bertz CT molecular complexity index is 104. The molecule has 52 valence electrons. The fraction of sp³-hybridized carbons (Fsp3) is 0.714. The molecule has 0 fully saturated rings. The van der Waals surface area contributed by atoms with E-state index in [-0.39, 0.29) is 6.04 Å². The zero-order valence-corrected chi connectivity index (χ0v) is 6.02. The third-order valence-electron chi connectivity index (χ3n) is 1.14. The van der Waals surface area contributed by atoms with Gasteiger partial charge in [-0.05, 0) is 13.8 Å². The first-order valence-electron chi connectivity index (χ1n) is 3.13. The highest BCUT2D eigenvalue weighted by molar-refractivity contribution is 4.96. The Labute approximate surface area is 56.8 Å². The highest BCUT2D eigenvalue weighted by atomic mass is 14.9. The third-order valence-corrected chi connectivity index (χ3v) is 1.14. The number of hydrogen-bond acceptors (Lipinski definition) is 2. The van der Waals surface area contributed by atoms with Gasteiger partial charge in [-0.3, -0.25) is 0 Å². The summed E-state index contributed by atoms with van der Waals surface area (Å²) < 4.78 is 0. The molecule has 0 aliphatic carbocycles. The molecule has 0 aliphatic heterocycles. The molecule has 2 nitrogen and oxygen atoms in total. The van der Waals surface area contributed by atoms with Crippen LogP contribution in [0, 0.1) is 12.3 Å². The average molecular weight is 126 g/mol. The van der Waals surface area contributed by atoms with Gasteiger partial charge in [0.25, 0.3) is 0 Å². The van der Waals surface area contributed by atoms with Crippen LogP contribution >= 0.6 is 0 Å². The van der Waals surface area contributed by atoms with Crippen LogP contribution in [0.1, 0.15) is 13.8 Å². The van der Waals surface area contributed by atoms with E-state index >= 15 is 0 Å². The molecule has 0 bridgehead atoms. The Morgan fingerprint density at radius 3 is 2.56 bits per heavy atom. The largest absolute Gasteiger partial charge is 0.329 e. The van der Waals surface area contributed by atoms with E-state index in [0.717, 1.165) is 0 Å². The topological polar surface area (TPSA) is 38.0 Å². The van der Waals surface area contributed by atoms with Crippen molar-refractivity contribution in [2.24, 2.45) is 5.73 Å². The second-order valence-electron chi connectivity index (χ2n) is 2.19. The molecular formula is C7H14N2. The zero-order valence-electron chi connectivity index (χ0n) is 6.02. The molecule has 0 rings (SSSR count). The van der Waals surface area contributed by atoms with Crippen molar-refractivity contribution in [3.8, 4) is 12.3 Å². The van der Waals surface area contributed by atoms with Gasteiger partial charge in [0.15, 0.2) is 0 Å². The number of nitrogens with one attached hydrogen (secondary N) is 1. The summed E-state index contributed by atoms with van der Waals surface area (Å²) in [5.41, 5.74) is 5.34. The summed E-state index contributed by atoms with van der Waals surface area (Å²) in [6.45, 7) is 4.58. The SMILES string of the molecule is C#CC(C)NC(C)CN. The predicted octanol–water partition coefficient (Wildman–Crippen LogP) is -0.0551. The maximum absolute atomic E-state index is 5.34. The Hall–Kier alpha value is -0.520. The molecule has 0 aromatic heterocycles. The van der Waals surface area contributed by atoms with Gasteiger partial charge in [-0.15, -0.1) is 6.42 Å². The van der Waals surface area contributed by atoms with Gasteiger partial charge in [-0.25, -0.2) is 0 Å². The Morgan fingerprint density at radius 1 is 1.67 bits per heavy atom. The molecule has 0 aliphatic rings. The first-order chi connectivity index (χ1) is 4.20. The van der Waals surface area contributed by atoms with Crippen LogP contribution in [0.4, 0.5) is 0 Å². The molecule has 0 amide bonds. The normalized spacial score (nSPS) is 16.2. The van der Waals surface area contributed by atoms with Crippen LogP contribution in [-0.2, 0) is 0 Å². The molecule has 0 radical (unpaired) electrons. The molecule has 2 atom stereocenters. The van der Waals surface area contributed by atoms with Crippen molar-refractivity contribution in [3.05, 3.63) is 0 Å². The van der Waals surface area contributed by atoms with Crippen LogP contribution < -0.4 is 11.1 Å². The minimum absolute atomic E-state index is 0.128. The molecular weight excluding hydrogens is 112 g/mol. The van der Waals surface area contributed by atoms with Crippen molar-refractivity contribution in [1.82, 2.24) is 5.32 Å². The fourth-order valence-electron chi connectivity index (χ4n) is 0.543. The highest BCUT2D eigenvalue weighted by Gasteiger charge is 1.99. The maximum Gasteiger partial charge on any atom is 0.0660 e. The van der Waals surface area contributed by atoms with Gasteiger partial charge >= 0.3 is 0 Å². The van der Waals surface area contributed by atoms with E-state index in [1.165, 1.54) is 0 Å². The van der Waals surface area contributed by atoms with E-state index in [0.29, 0.717) is 12.6 Å². The highest BCUT2D eigenvalue weighted by Crippen LogP contribution is 1.81. The van der Waals surface area contributed by atoms with Gasteiger partial charge < -0.3 is 11.1 Å². The van der Waals surface area contributed by atoms with Crippen molar-refractivity contribution < 1.29 is 0 Å². The predicted molar refractivity (Wildman–Crippen MR) is 39.9 cm³/mol. The van der Waals surface area contributed by atoms with Crippen molar-refractivity contribution >= 4 is 0 Å². The van der Waals surface area contributed by atoms with Crippen molar-refractivity contribution in [3.63, 3.8) is 0 Å². The molecule has 2 unspecified atom stereocenters. The second-order valence-corrected chi connectivity index (χ2v) is 2.19. The molecule has 0 heterocycles. The van der Waals surface area contributed by atoms with Crippen LogP contribution in [-0.4, -0.2) is 18.6 Å². The number of rotatable bonds is 3. The summed E-state index contributed by atoms with van der Waals surface area (Å²) in [6.07, 6.45) is 5.12. The van der Waals surface area contributed by atoms with E-state index in [9.17, 15) is 0 Å². The molecule has 0 aromatic rings.